The molecule has 0 aromatic heterocycles. The fraction of sp³-hybridized carbons (Fsp3) is 0.120. The van der Waals surface area contributed by atoms with Crippen LogP contribution in [0.2, 0.25) is 10.0 Å². The molecule has 1 aliphatic heterocycles. The lowest BCUT2D eigenvalue weighted by Crippen LogP contribution is -2.05. The van der Waals surface area contributed by atoms with Gasteiger partial charge in [0.05, 0.1) is 20.7 Å². The maximum absolute atomic E-state index is 12.4. The highest BCUT2D eigenvalue weighted by Crippen LogP contribution is 2.36. The zero-order chi connectivity index (χ0) is 23.5. The molecule has 8 heteroatoms. The van der Waals surface area contributed by atoms with Crippen LogP contribution in [-0.4, -0.2) is 19.0 Å². The molecule has 4 rings (SSSR count). The second-order valence-electron chi connectivity index (χ2n) is 7.27. The second kappa shape index (κ2) is 10.2. The highest BCUT2D eigenvalue weighted by Gasteiger charge is 2.25. The lowest BCUT2D eigenvalue weighted by atomic mass is 10.1. The van der Waals surface area contributed by atoms with Gasteiger partial charge in [-0.15, -0.1) is 0 Å². The average Bonchev–Trinajstić information content (AvgIpc) is 3.15. The molecule has 5 nitrogen and oxygen atoms in total. The Balaban J connectivity index is 1.59. The van der Waals surface area contributed by atoms with Gasteiger partial charge in [-0.3, -0.25) is 0 Å². The van der Waals surface area contributed by atoms with Crippen LogP contribution in [0.25, 0.3) is 6.08 Å². The van der Waals surface area contributed by atoms with E-state index < -0.39 is 5.97 Å². The van der Waals surface area contributed by atoms with Gasteiger partial charge in [0.1, 0.15) is 6.61 Å². The summed E-state index contributed by atoms with van der Waals surface area (Å²) in [4.78, 5) is 16.7. The lowest BCUT2D eigenvalue weighted by molar-refractivity contribution is -0.129. The van der Waals surface area contributed by atoms with E-state index in [0.29, 0.717) is 33.7 Å². The van der Waals surface area contributed by atoms with Crippen molar-refractivity contribution in [3.05, 3.63) is 96.2 Å². The predicted octanol–water partition coefficient (Wildman–Crippen LogP) is 6.84. The number of rotatable bonds is 6. The van der Waals surface area contributed by atoms with Crippen LogP contribution in [-0.2, 0) is 16.1 Å². The average molecular weight is 594 g/mol. The molecule has 1 aliphatic rings. The van der Waals surface area contributed by atoms with Gasteiger partial charge in [-0.2, -0.15) is 0 Å². The number of hydrogen-bond donors (Lipinski definition) is 0. The first-order valence-corrected chi connectivity index (χ1v) is 11.7. The maximum Gasteiger partial charge on any atom is 0.363 e. The van der Waals surface area contributed by atoms with Crippen molar-refractivity contribution in [1.82, 2.24) is 0 Å². The van der Waals surface area contributed by atoms with Gasteiger partial charge in [0.15, 0.2) is 17.2 Å². The SMILES string of the molecule is COc1cc(/C=C2\N=C(c3ccc(Cl)c(Cl)c3)OC2=O)cc(I)c1OCc1ccc(C)cc1. The molecule has 3 aromatic rings. The Morgan fingerprint density at radius 3 is 2.52 bits per heavy atom. The largest absolute Gasteiger partial charge is 0.493 e. The monoisotopic (exact) mass is 593 g/mol. The fourth-order valence-electron chi connectivity index (χ4n) is 3.12. The molecule has 0 unspecified atom stereocenters. The number of cyclic esters (lactones) is 1. The van der Waals surface area contributed by atoms with E-state index in [1.54, 1.807) is 37.5 Å². The van der Waals surface area contributed by atoms with Crippen molar-refractivity contribution in [2.75, 3.05) is 7.11 Å². The molecule has 3 aromatic carbocycles. The number of halogens is 3. The zero-order valence-corrected chi connectivity index (χ0v) is 21.4. The van der Waals surface area contributed by atoms with E-state index in [4.69, 9.17) is 37.4 Å². The van der Waals surface area contributed by atoms with Crippen molar-refractivity contribution >= 4 is 63.7 Å². The number of esters is 1. The van der Waals surface area contributed by atoms with Crippen LogP contribution in [0.4, 0.5) is 0 Å². The fourth-order valence-corrected chi connectivity index (χ4v) is 4.20. The summed E-state index contributed by atoms with van der Waals surface area (Å²) in [6.07, 6.45) is 1.64. The third kappa shape index (κ3) is 5.51. The Morgan fingerprint density at radius 1 is 1.06 bits per heavy atom. The van der Waals surface area contributed by atoms with Crippen LogP contribution in [0.1, 0.15) is 22.3 Å². The van der Waals surface area contributed by atoms with Crippen LogP contribution in [0.3, 0.4) is 0 Å². The molecule has 0 bridgehead atoms. The third-order valence-electron chi connectivity index (χ3n) is 4.85. The van der Waals surface area contributed by atoms with E-state index in [2.05, 4.69) is 27.6 Å². The molecule has 168 valence electrons. The molecule has 33 heavy (non-hydrogen) atoms. The van der Waals surface area contributed by atoms with Gasteiger partial charge in [0.2, 0.25) is 5.90 Å². The second-order valence-corrected chi connectivity index (χ2v) is 9.25. The summed E-state index contributed by atoms with van der Waals surface area (Å²) in [6, 6.07) is 16.7. The molecule has 0 radical (unpaired) electrons. The molecule has 0 amide bonds. The van der Waals surface area contributed by atoms with E-state index >= 15 is 0 Å². The highest BCUT2D eigenvalue weighted by molar-refractivity contribution is 14.1. The van der Waals surface area contributed by atoms with Gasteiger partial charge >= 0.3 is 5.97 Å². The summed E-state index contributed by atoms with van der Waals surface area (Å²) in [6.45, 7) is 2.46. The van der Waals surface area contributed by atoms with Gasteiger partial charge in [0.25, 0.3) is 0 Å². The number of hydrogen-bond acceptors (Lipinski definition) is 5. The summed E-state index contributed by atoms with van der Waals surface area (Å²) in [7, 11) is 1.57. The standard InChI is InChI=1S/C25H18Cl2INO4/c1-14-3-5-15(6-4-14)13-32-23-20(28)9-16(11-22(23)31-2)10-21-25(30)33-24(29-21)17-7-8-18(26)19(27)12-17/h3-12H,13H2,1-2H3/b21-10-. The third-order valence-corrected chi connectivity index (χ3v) is 6.39. The molecule has 0 aliphatic carbocycles. The van der Waals surface area contributed by atoms with E-state index in [1.165, 1.54) is 5.56 Å². The van der Waals surface area contributed by atoms with E-state index in [0.717, 1.165) is 14.7 Å². The van der Waals surface area contributed by atoms with Crippen molar-refractivity contribution in [2.24, 2.45) is 4.99 Å². The van der Waals surface area contributed by atoms with Gasteiger partial charge in [-0.25, -0.2) is 9.79 Å². The minimum Gasteiger partial charge on any atom is -0.493 e. The predicted molar refractivity (Wildman–Crippen MR) is 138 cm³/mol. The smallest absolute Gasteiger partial charge is 0.363 e. The normalized spacial score (nSPS) is 14.3. The summed E-state index contributed by atoms with van der Waals surface area (Å²) in [5, 5.41) is 0.762. The van der Waals surface area contributed by atoms with Crippen LogP contribution >= 0.6 is 45.8 Å². The molecule has 0 fully saturated rings. The molecule has 0 saturated carbocycles. The highest BCUT2D eigenvalue weighted by atomic mass is 127. The first-order chi connectivity index (χ1) is 15.8. The number of methoxy groups -OCH3 is 1. The van der Waals surface area contributed by atoms with Crippen molar-refractivity contribution in [3.8, 4) is 11.5 Å². The zero-order valence-electron chi connectivity index (χ0n) is 17.7. The van der Waals surface area contributed by atoms with Crippen molar-refractivity contribution in [1.29, 1.82) is 0 Å². The molecule has 0 N–H and O–H groups in total. The molecular weight excluding hydrogens is 576 g/mol. The van der Waals surface area contributed by atoms with Crippen LogP contribution in [0.15, 0.2) is 65.3 Å². The quantitative estimate of drug-likeness (QED) is 0.178. The van der Waals surface area contributed by atoms with Crippen molar-refractivity contribution in [2.45, 2.75) is 13.5 Å². The summed E-state index contributed by atoms with van der Waals surface area (Å²) >= 11 is 14.2. The minimum atomic E-state index is -0.551. The Bertz CT molecular complexity index is 1290. The van der Waals surface area contributed by atoms with Gasteiger partial charge in [0, 0.05) is 5.56 Å². The number of aryl methyl sites for hydroxylation is 1. The van der Waals surface area contributed by atoms with Gasteiger partial charge in [-0.05, 0) is 77.0 Å². The Kier molecular flexibility index (Phi) is 7.26. The molecule has 0 saturated heterocycles. The first kappa shape index (κ1) is 23.6. The Labute approximate surface area is 215 Å². The number of nitrogens with zero attached hydrogens (tertiary/aromatic N) is 1. The summed E-state index contributed by atoms with van der Waals surface area (Å²) in [5.74, 6) is 0.810. The summed E-state index contributed by atoms with van der Waals surface area (Å²) in [5.41, 5.74) is 3.71. The van der Waals surface area contributed by atoms with Crippen LogP contribution in [0, 0.1) is 10.5 Å². The van der Waals surface area contributed by atoms with Crippen molar-refractivity contribution < 1.29 is 19.0 Å². The molecule has 1 heterocycles. The molecule has 0 atom stereocenters. The van der Waals surface area contributed by atoms with E-state index in [1.807, 2.05) is 37.3 Å². The maximum atomic E-state index is 12.4. The van der Waals surface area contributed by atoms with Gasteiger partial charge < -0.3 is 14.2 Å². The minimum absolute atomic E-state index is 0.169. The lowest BCUT2D eigenvalue weighted by Gasteiger charge is -2.14. The molecular formula is C25H18Cl2INO4. The Morgan fingerprint density at radius 2 is 1.82 bits per heavy atom. The van der Waals surface area contributed by atoms with Crippen LogP contribution in [0.5, 0.6) is 11.5 Å². The number of ether oxygens (including phenoxy) is 3. The van der Waals surface area contributed by atoms with E-state index in [-0.39, 0.29) is 11.6 Å². The number of carbonyl (C=O) groups is 1. The van der Waals surface area contributed by atoms with Crippen molar-refractivity contribution in [3.63, 3.8) is 0 Å². The topological polar surface area (TPSA) is 57.1 Å². The number of benzene rings is 3. The van der Waals surface area contributed by atoms with Gasteiger partial charge in [-0.1, -0.05) is 53.0 Å². The number of aliphatic imine (C=N–C) groups is 1. The Hall–Kier alpha value is -2.55. The molecule has 0 spiro atoms. The number of carbonyl (C=O) groups excluding carboxylic acids is 1. The van der Waals surface area contributed by atoms with E-state index in [9.17, 15) is 4.79 Å². The van der Waals surface area contributed by atoms with Crippen LogP contribution < -0.4 is 9.47 Å². The first-order valence-electron chi connectivity index (χ1n) is 9.88. The summed E-state index contributed by atoms with van der Waals surface area (Å²) < 4.78 is 17.7.